The van der Waals surface area contributed by atoms with E-state index in [4.69, 9.17) is 10.3 Å². The molecule has 0 radical (unpaired) electrons. The molecule has 0 atom stereocenters. The van der Waals surface area contributed by atoms with Crippen molar-refractivity contribution in [1.82, 2.24) is 10.1 Å². The van der Waals surface area contributed by atoms with Crippen molar-refractivity contribution in [2.24, 2.45) is 5.73 Å². The Kier molecular flexibility index (Phi) is 2.78. The van der Waals surface area contributed by atoms with Crippen LogP contribution in [0.5, 0.6) is 0 Å². The molecule has 4 heteroatoms. The second-order valence-corrected chi connectivity index (χ2v) is 3.25. The van der Waals surface area contributed by atoms with Gasteiger partial charge in [0, 0.05) is 19.0 Å². The smallest absolute Gasteiger partial charge is 0.137 e. The molecule has 0 fully saturated rings. The topological polar surface area (TPSA) is 64.9 Å². The number of pyridine rings is 1. The first-order valence-corrected chi connectivity index (χ1v) is 4.95. The van der Waals surface area contributed by atoms with Crippen molar-refractivity contribution < 1.29 is 4.52 Å². The molecule has 0 unspecified atom stereocenters. The summed E-state index contributed by atoms with van der Waals surface area (Å²) in [4.78, 5) is 4.36. The minimum absolute atomic E-state index is 0.437. The number of nitrogens with zero attached hydrogens (tertiary/aromatic N) is 2. The molecule has 2 aromatic rings. The van der Waals surface area contributed by atoms with E-state index in [0.29, 0.717) is 6.54 Å². The standard InChI is InChI=1S/C11H13N3O/c1-2-9-6-11(14-15-9)10-5-3-4-8(7-12)13-10/h3-6H,2,7,12H2,1H3. The minimum Gasteiger partial charge on any atom is -0.361 e. The van der Waals surface area contributed by atoms with E-state index in [-0.39, 0.29) is 0 Å². The van der Waals surface area contributed by atoms with Crippen molar-refractivity contribution in [3.8, 4) is 11.4 Å². The normalized spacial score (nSPS) is 10.5. The van der Waals surface area contributed by atoms with Crippen LogP contribution in [0.3, 0.4) is 0 Å². The van der Waals surface area contributed by atoms with E-state index in [2.05, 4.69) is 10.1 Å². The number of hydrogen-bond acceptors (Lipinski definition) is 4. The highest BCUT2D eigenvalue weighted by Crippen LogP contribution is 2.17. The van der Waals surface area contributed by atoms with Crippen LogP contribution in [0.25, 0.3) is 11.4 Å². The molecule has 0 saturated heterocycles. The number of aromatic nitrogens is 2. The second kappa shape index (κ2) is 4.23. The molecular weight excluding hydrogens is 190 g/mol. The van der Waals surface area contributed by atoms with E-state index in [1.54, 1.807) is 0 Å². The van der Waals surface area contributed by atoms with Crippen molar-refractivity contribution in [3.63, 3.8) is 0 Å². The van der Waals surface area contributed by atoms with E-state index in [9.17, 15) is 0 Å². The van der Waals surface area contributed by atoms with Crippen molar-refractivity contribution in [2.45, 2.75) is 19.9 Å². The summed E-state index contributed by atoms with van der Waals surface area (Å²) in [5.74, 6) is 0.866. The van der Waals surface area contributed by atoms with Gasteiger partial charge in [0.25, 0.3) is 0 Å². The van der Waals surface area contributed by atoms with Gasteiger partial charge in [-0.15, -0.1) is 0 Å². The van der Waals surface area contributed by atoms with Gasteiger partial charge in [0.1, 0.15) is 11.5 Å². The fourth-order valence-corrected chi connectivity index (χ4v) is 1.34. The summed E-state index contributed by atoms with van der Waals surface area (Å²) >= 11 is 0. The largest absolute Gasteiger partial charge is 0.361 e. The van der Waals surface area contributed by atoms with Crippen molar-refractivity contribution in [3.05, 3.63) is 35.7 Å². The van der Waals surface area contributed by atoms with Gasteiger partial charge in [-0.05, 0) is 12.1 Å². The lowest BCUT2D eigenvalue weighted by atomic mass is 10.2. The molecule has 0 aliphatic heterocycles. The average Bonchev–Trinajstić information content (AvgIpc) is 2.78. The average molecular weight is 203 g/mol. The van der Waals surface area contributed by atoms with Gasteiger partial charge in [-0.2, -0.15) is 0 Å². The predicted molar refractivity (Wildman–Crippen MR) is 57.0 cm³/mol. The molecule has 0 aromatic carbocycles. The lowest BCUT2D eigenvalue weighted by Gasteiger charge is -1.97. The summed E-state index contributed by atoms with van der Waals surface area (Å²) in [6, 6.07) is 7.62. The van der Waals surface area contributed by atoms with E-state index >= 15 is 0 Å². The molecule has 0 aliphatic rings. The molecule has 2 aromatic heterocycles. The van der Waals surface area contributed by atoms with Gasteiger partial charge in [-0.3, -0.25) is 0 Å². The van der Waals surface area contributed by atoms with Gasteiger partial charge in [0.05, 0.1) is 11.4 Å². The van der Waals surface area contributed by atoms with Crippen LogP contribution in [-0.2, 0) is 13.0 Å². The molecule has 2 heterocycles. The number of nitrogens with two attached hydrogens (primary N) is 1. The van der Waals surface area contributed by atoms with Gasteiger partial charge in [-0.25, -0.2) is 4.98 Å². The van der Waals surface area contributed by atoms with Crippen molar-refractivity contribution >= 4 is 0 Å². The van der Waals surface area contributed by atoms with Gasteiger partial charge in [-0.1, -0.05) is 18.1 Å². The van der Waals surface area contributed by atoms with Gasteiger partial charge in [0.15, 0.2) is 0 Å². The van der Waals surface area contributed by atoms with Crippen LogP contribution in [0.1, 0.15) is 18.4 Å². The molecule has 78 valence electrons. The third kappa shape index (κ3) is 2.05. The summed E-state index contributed by atoms with van der Waals surface area (Å²) in [6.07, 6.45) is 0.837. The Hall–Kier alpha value is -1.68. The maximum absolute atomic E-state index is 5.52. The van der Waals surface area contributed by atoms with E-state index < -0.39 is 0 Å². The molecule has 0 bridgehead atoms. The number of rotatable bonds is 3. The van der Waals surface area contributed by atoms with E-state index in [1.165, 1.54) is 0 Å². The van der Waals surface area contributed by atoms with Crippen LogP contribution in [0.4, 0.5) is 0 Å². The summed E-state index contributed by atoms with van der Waals surface area (Å²) in [6.45, 7) is 2.46. The zero-order valence-corrected chi connectivity index (χ0v) is 8.60. The summed E-state index contributed by atoms with van der Waals surface area (Å²) in [5, 5.41) is 3.95. The van der Waals surface area contributed by atoms with Crippen molar-refractivity contribution in [1.29, 1.82) is 0 Å². The Labute approximate surface area is 88.1 Å². The van der Waals surface area contributed by atoms with E-state index in [0.717, 1.165) is 29.3 Å². The third-order valence-corrected chi connectivity index (χ3v) is 2.19. The van der Waals surface area contributed by atoms with Crippen LogP contribution in [0.2, 0.25) is 0 Å². The van der Waals surface area contributed by atoms with E-state index in [1.807, 2.05) is 31.2 Å². The molecule has 2 rings (SSSR count). The molecule has 15 heavy (non-hydrogen) atoms. The maximum atomic E-state index is 5.52. The first-order chi connectivity index (χ1) is 7.33. The van der Waals surface area contributed by atoms with Crippen molar-refractivity contribution in [2.75, 3.05) is 0 Å². The monoisotopic (exact) mass is 203 g/mol. The zero-order chi connectivity index (χ0) is 10.7. The molecule has 0 saturated carbocycles. The highest BCUT2D eigenvalue weighted by molar-refractivity contribution is 5.53. The highest BCUT2D eigenvalue weighted by Gasteiger charge is 2.06. The molecular formula is C11H13N3O. The third-order valence-electron chi connectivity index (χ3n) is 2.19. The molecule has 0 spiro atoms. The fraction of sp³-hybridized carbons (Fsp3) is 0.273. The van der Waals surface area contributed by atoms with Crippen LogP contribution in [0.15, 0.2) is 28.8 Å². The number of hydrogen-bond donors (Lipinski definition) is 1. The van der Waals surface area contributed by atoms with Crippen LogP contribution >= 0.6 is 0 Å². The Bertz CT molecular complexity index is 451. The quantitative estimate of drug-likeness (QED) is 0.825. The Morgan fingerprint density at radius 1 is 1.33 bits per heavy atom. The van der Waals surface area contributed by atoms with Crippen LogP contribution in [0, 0.1) is 0 Å². The summed E-state index contributed by atoms with van der Waals surface area (Å²) < 4.78 is 5.12. The molecule has 0 amide bonds. The summed E-state index contributed by atoms with van der Waals surface area (Å²) in [5.41, 5.74) is 7.95. The lowest BCUT2D eigenvalue weighted by Crippen LogP contribution is -1.99. The SMILES string of the molecule is CCc1cc(-c2cccc(CN)n2)no1. The van der Waals surface area contributed by atoms with Crippen LogP contribution in [-0.4, -0.2) is 10.1 Å². The first-order valence-electron chi connectivity index (χ1n) is 4.95. The lowest BCUT2D eigenvalue weighted by molar-refractivity contribution is 0.388. The van der Waals surface area contributed by atoms with Gasteiger partial charge in [0.2, 0.25) is 0 Å². The Morgan fingerprint density at radius 3 is 2.87 bits per heavy atom. The molecule has 0 aliphatic carbocycles. The number of aryl methyl sites for hydroxylation is 1. The first kappa shape index (κ1) is 9.86. The Morgan fingerprint density at radius 2 is 2.20 bits per heavy atom. The van der Waals surface area contributed by atoms with Crippen LogP contribution < -0.4 is 5.73 Å². The Balaban J connectivity index is 2.35. The second-order valence-electron chi connectivity index (χ2n) is 3.25. The minimum atomic E-state index is 0.437. The molecule has 2 N–H and O–H groups in total. The fourth-order valence-electron chi connectivity index (χ4n) is 1.34. The zero-order valence-electron chi connectivity index (χ0n) is 8.60. The van der Waals surface area contributed by atoms with Gasteiger partial charge >= 0.3 is 0 Å². The molecule has 4 nitrogen and oxygen atoms in total. The maximum Gasteiger partial charge on any atom is 0.137 e. The summed E-state index contributed by atoms with van der Waals surface area (Å²) in [7, 11) is 0. The highest BCUT2D eigenvalue weighted by atomic mass is 16.5. The predicted octanol–water partition coefficient (Wildman–Crippen LogP) is 1.76. The van der Waals surface area contributed by atoms with Gasteiger partial charge < -0.3 is 10.3 Å².